The van der Waals surface area contributed by atoms with E-state index in [1.807, 2.05) is 11.7 Å². The first-order valence-corrected chi connectivity index (χ1v) is 5.31. The molecule has 1 unspecified atom stereocenters. The summed E-state index contributed by atoms with van der Waals surface area (Å²) in [7, 11) is 2.00. The zero-order valence-corrected chi connectivity index (χ0v) is 9.32. The van der Waals surface area contributed by atoms with E-state index in [1.165, 1.54) is 12.8 Å². The topological polar surface area (TPSA) is 42.7 Å². The minimum absolute atomic E-state index is 0.591. The van der Waals surface area contributed by atoms with Crippen LogP contribution in [0.1, 0.15) is 32.5 Å². The molecular weight excluding hydrogens is 176 g/mol. The molecule has 4 heteroatoms. The van der Waals surface area contributed by atoms with E-state index >= 15 is 0 Å². The van der Waals surface area contributed by atoms with Crippen LogP contribution in [0.15, 0.2) is 6.33 Å². The number of nitrogens with zero attached hydrogens (tertiary/aromatic N) is 3. The van der Waals surface area contributed by atoms with Crippen LogP contribution in [0, 0.1) is 0 Å². The van der Waals surface area contributed by atoms with Gasteiger partial charge < -0.3 is 5.32 Å². The molecule has 0 spiro atoms. The van der Waals surface area contributed by atoms with E-state index in [-0.39, 0.29) is 0 Å². The molecule has 0 aromatic carbocycles. The summed E-state index contributed by atoms with van der Waals surface area (Å²) in [4.78, 5) is 4.24. The van der Waals surface area contributed by atoms with Crippen LogP contribution in [0.25, 0.3) is 0 Å². The summed E-state index contributed by atoms with van der Waals surface area (Å²) < 4.78 is 1.96. The zero-order valence-electron chi connectivity index (χ0n) is 9.32. The lowest BCUT2D eigenvalue weighted by molar-refractivity contribution is 0.524. The van der Waals surface area contributed by atoms with E-state index in [0.29, 0.717) is 6.04 Å². The smallest absolute Gasteiger partial charge is 0.138 e. The second-order valence-corrected chi connectivity index (χ2v) is 3.57. The molecule has 1 atom stereocenters. The molecule has 0 saturated heterocycles. The first-order valence-electron chi connectivity index (χ1n) is 5.31. The average Bonchev–Trinajstić information content (AvgIpc) is 2.65. The molecule has 0 aliphatic carbocycles. The van der Waals surface area contributed by atoms with E-state index in [4.69, 9.17) is 0 Å². The van der Waals surface area contributed by atoms with Gasteiger partial charge >= 0.3 is 0 Å². The van der Waals surface area contributed by atoms with E-state index in [1.54, 1.807) is 6.33 Å². The predicted molar refractivity (Wildman–Crippen MR) is 57.2 cm³/mol. The maximum Gasteiger partial charge on any atom is 0.138 e. The lowest BCUT2D eigenvalue weighted by Crippen LogP contribution is -2.21. The third kappa shape index (κ3) is 3.10. The molecule has 80 valence electrons. The van der Waals surface area contributed by atoms with Gasteiger partial charge in [-0.2, -0.15) is 5.10 Å². The maximum absolute atomic E-state index is 4.24. The molecular formula is C10H20N4. The monoisotopic (exact) mass is 196 g/mol. The van der Waals surface area contributed by atoms with Gasteiger partial charge in [0.2, 0.25) is 0 Å². The predicted octanol–water partition coefficient (Wildman–Crippen LogP) is 1.23. The summed E-state index contributed by atoms with van der Waals surface area (Å²) in [5.74, 6) is 1.11. The van der Waals surface area contributed by atoms with Crippen molar-refractivity contribution in [2.75, 3.05) is 7.05 Å². The third-order valence-corrected chi connectivity index (χ3v) is 2.53. The summed E-state index contributed by atoms with van der Waals surface area (Å²) in [6, 6.07) is 0.591. The van der Waals surface area contributed by atoms with E-state index in [0.717, 1.165) is 18.8 Å². The van der Waals surface area contributed by atoms with E-state index < -0.39 is 0 Å². The van der Waals surface area contributed by atoms with Gasteiger partial charge in [0.05, 0.1) is 0 Å². The number of rotatable bonds is 6. The molecule has 1 aromatic heterocycles. The summed E-state index contributed by atoms with van der Waals surface area (Å²) in [5, 5.41) is 7.37. The Morgan fingerprint density at radius 3 is 3.00 bits per heavy atom. The van der Waals surface area contributed by atoms with E-state index in [2.05, 4.69) is 29.2 Å². The lowest BCUT2D eigenvalue weighted by Gasteiger charge is -2.09. The molecule has 0 aliphatic rings. The van der Waals surface area contributed by atoms with Crippen LogP contribution in [0.5, 0.6) is 0 Å². The van der Waals surface area contributed by atoms with Gasteiger partial charge in [0.25, 0.3) is 0 Å². The van der Waals surface area contributed by atoms with Gasteiger partial charge in [-0.15, -0.1) is 0 Å². The molecule has 1 N–H and O–H groups in total. The molecule has 1 heterocycles. The molecule has 14 heavy (non-hydrogen) atoms. The van der Waals surface area contributed by atoms with Crippen molar-refractivity contribution in [2.24, 2.45) is 0 Å². The molecule has 0 saturated carbocycles. The highest BCUT2D eigenvalue weighted by Crippen LogP contribution is 2.03. The summed E-state index contributed by atoms with van der Waals surface area (Å²) in [6.07, 6.45) is 5.02. The maximum atomic E-state index is 4.24. The van der Waals surface area contributed by atoms with Crippen LogP contribution >= 0.6 is 0 Å². The van der Waals surface area contributed by atoms with Crippen molar-refractivity contribution in [3.05, 3.63) is 12.2 Å². The first kappa shape index (κ1) is 11.2. The number of hydrogen-bond donors (Lipinski definition) is 1. The molecule has 1 aromatic rings. The molecule has 0 bridgehead atoms. The Balaban J connectivity index is 2.31. The SMILES string of the molecule is CCn1ncnc1CCCC(C)NC. The van der Waals surface area contributed by atoms with E-state index in [9.17, 15) is 0 Å². The molecule has 4 nitrogen and oxygen atoms in total. The fraction of sp³-hybridized carbons (Fsp3) is 0.800. The van der Waals surface area contributed by atoms with Gasteiger partial charge in [-0.3, -0.25) is 4.68 Å². The summed E-state index contributed by atoms with van der Waals surface area (Å²) >= 11 is 0. The third-order valence-electron chi connectivity index (χ3n) is 2.53. The van der Waals surface area contributed by atoms with Crippen molar-refractivity contribution in [3.8, 4) is 0 Å². The lowest BCUT2D eigenvalue weighted by atomic mass is 10.1. The van der Waals surface area contributed by atoms with Gasteiger partial charge in [0.15, 0.2) is 0 Å². The molecule has 0 radical (unpaired) electrons. The van der Waals surface area contributed by atoms with Gasteiger partial charge in [-0.25, -0.2) is 4.98 Å². The Labute approximate surface area is 85.7 Å². The van der Waals surface area contributed by atoms with Crippen molar-refractivity contribution in [1.82, 2.24) is 20.1 Å². The second-order valence-electron chi connectivity index (χ2n) is 3.57. The molecule has 0 amide bonds. The molecule has 0 aliphatic heterocycles. The zero-order chi connectivity index (χ0) is 10.4. The summed E-state index contributed by atoms with van der Waals surface area (Å²) in [5.41, 5.74) is 0. The minimum atomic E-state index is 0.591. The highest BCUT2D eigenvalue weighted by Gasteiger charge is 2.03. The van der Waals surface area contributed by atoms with Crippen LogP contribution < -0.4 is 5.32 Å². The standard InChI is InChI=1S/C10H20N4/c1-4-14-10(12-8-13-14)7-5-6-9(2)11-3/h8-9,11H,4-7H2,1-3H3. The number of nitrogens with one attached hydrogen (secondary N) is 1. The van der Waals surface area contributed by atoms with Crippen LogP contribution in [0.4, 0.5) is 0 Å². The van der Waals surface area contributed by atoms with Crippen molar-refractivity contribution < 1.29 is 0 Å². The normalized spacial score (nSPS) is 13.1. The van der Waals surface area contributed by atoms with Crippen molar-refractivity contribution >= 4 is 0 Å². The summed E-state index contributed by atoms with van der Waals surface area (Å²) in [6.45, 7) is 5.20. The Morgan fingerprint density at radius 1 is 1.57 bits per heavy atom. The van der Waals surface area contributed by atoms with Gasteiger partial charge in [0.1, 0.15) is 12.2 Å². The van der Waals surface area contributed by atoms with Crippen LogP contribution in [0.3, 0.4) is 0 Å². The largest absolute Gasteiger partial charge is 0.317 e. The molecule has 1 rings (SSSR count). The van der Waals surface area contributed by atoms with Gasteiger partial charge in [-0.1, -0.05) is 0 Å². The highest BCUT2D eigenvalue weighted by atomic mass is 15.3. The Morgan fingerprint density at radius 2 is 2.36 bits per heavy atom. The second kappa shape index (κ2) is 5.75. The number of aromatic nitrogens is 3. The fourth-order valence-electron chi connectivity index (χ4n) is 1.46. The van der Waals surface area contributed by atoms with Crippen LogP contribution in [0.2, 0.25) is 0 Å². The van der Waals surface area contributed by atoms with Gasteiger partial charge in [-0.05, 0) is 33.7 Å². The Bertz CT molecular complexity index is 256. The van der Waals surface area contributed by atoms with Crippen molar-refractivity contribution in [2.45, 2.75) is 45.7 Å². The Kier molecular flexibility index (Phi) is 4.59. The number of aryl methyl sites for hydroxylation is 2. The van der Waals surface area contributed by atoms with Crippen molar-refractivity contribution in [1.29, 1.82) is 0 Å². The Hall–Kier alpha value is -0.900. The molecule has 0 fully saturated rings. The van der Waals surface area contributed by atoms with Crippen LogP contribution in [-0.2, 0) is 13.0 Å². The first-order chi connectivity index (χ1) is 6.77. The quantitative estimate of drug-likeness (QED) is 0.744. The number of hydrogen-bond acceptors (Lipinski definition) is 3. The fourth-order valence-corrected chi connectivity index (χ4v) is 1.46. The average molecular weight is 196 g/mol. The highest BCUT2D eigenvalue weighted by molar-refractivity contribution is 4.84. The minimum Gasteiger partial charge on any atom is -0.317 e. The van der Waals surface area contributed by atoms with Crippen molar-refractivity contribution in [3.63, 3.8) is 0 Å². The van der Waals surface area contributed by atoms with Gasteiger partial charge in [0, 0.05) is 19.0 Å². The van der Waals surface area contributed by atoms with Crippen LogP contribution in [-0.4, -0.2) is 27.9 Å².